The monoisotopic (exact) mass is 236 g/mol. The molecule has 0 bridgehead atoms. The van der Waals surface area contributed by atoms with Crippen molar-refractivity contribution < 1.29 is 9.50 Å². The van der Waals surface area contributed by atoms with Crippen LogP contribution in [0.3, 0.4) is 0 Å². The van der Waals surface area contributed by atoms with E-state index in [2.05, 4.69) is 13.8 Å². The largest absolute Gasteiger partial charge is 0.385 e. The highest BCUT2D eigenvalue weighted by atomic mass is 19.1. The lowest BCUT2D eigenvalue weighted by Crippen LogP contribution is -2.25. The Morgan fingerprint density at radius 3 is 2.29 bits per heavy atom. The number of aliphatic hydroxyl groups is 1. The van der Waals surface area contributed by atoms with Gasteiger partial charge < -0.3 is 5.11 Å². The Labute approximate surface area is 103 Å². The molecule has 0 radical (unpaired) electrons. The van der Waals surface area contributed by atoms with Crippen molar-refractivity contribution in [3.63, 3.8) is 0 Å². The molecule has 0 aliphatic heterocycles. The quantitative estimate of drug-likeness (QED) is 0.731. The Hall–Kier alpha value is -0.890. The van der Waals surface area contributed by atoms with Crippen LogP contribution in [-0.4, -0.2) is 5.11 Å². The molecular formula is C15H21FO. The van der Waals surface area contributed by atoms with Crippen LogP contribution in [-0.2, 0) is 5.60 Å². The van der Waals surface area contributed by atoms with Crippen molar-refractivity contribution in [2.24, 2.45) is 5.41 Å². The molecule has 2 rings (SSSR count). The highest BCUT2D eigenvalue weighted by Crippen LogP contribution is 2.42. The van der Waals surface area contributed by atoms with Crippen molar-refractivity contribution in [3.05, 3.63) is 35.6 Å². The molecule has 1 atom stereocenters. The molecule has 1 aliphatic carbocycles. The summed E-state index contributed by atoms with van der Waals surface area (Å²) in [4.78, 5) is 0. The van der Waals surface area contributed by atoms with Gasteiger partial charge in [-0.05, 0) is 55.2 Å². The zero-order chi connectivity index (χ0) is 12.5. The number of hydrogen-bond donors (Lipinski definition) is 1. The van der Waals surface area contributed by atoms with Gasteiger partial charge in [-0.25, -0.2) is 4.39 Å². The van der Waals surface area contributed by atoms with Gasteiger partial charge in [0, 0.05) is 0 Å². The molecule has 1 unspecified atom stereocenters. The molecule has 2 heteroatoms. The molecule has 1 saturated carbocycles. The van der Waals surface area contributed by atoms with Gasteiger partial charge in [-0.15, -0.1) is 0 Å². The second-order valence-corrected chi connectivity index (χ2v) is 6.06. The Kier molecular flexibility index (Phi) is 3.26. The van der Waals surface area contributed by atoms with Crippen molar-refractivity contribution >= 4 is 0 Å². The maximum absolute atomic E-state index is 12.9. The van der Waals surface area contributed by atoms with E-state index in [9.17, 15) is 9.50 Å². The topological polar surface area (TPSA) is 20.2 Å². The minimum absolute atomic E-state index is 0.244. The lowest BCUT2D eigenvalue weighted by Gasteiger charge is -2.28. The molecule has 1 aromatic carbocycles. The van der Waals surface area contributed by atoms with Crippen molar-refractivity contribution in [2.75, 3.05) is 0 Å². The SMILES string of the molecule is CC1(C)CCCC(O)(c2ccc(F)cc2)CC1. The molecule has 94 valence electrons. The van der Waals surface area contributed by atoms with E-state index in [1.807, 2.05) is 0 Å². The third kappa shape index (κ3) is 2.86. The van der Waals surface area contributed by atoms with Gasteiger partial charge in [0.1, 0.15) is 5.82 Å². The Bertz CT molecular complexity index is 382. The first-order chi connectivity index (χ1) is 7.91. The van der Waals surface area contributed by atoms with Gasteiger partial charge in [-0.3, -0.25) is 0 Å². The first kappa shape index (κ1) is 12.6. The van der Waals surface area contributed by atoms with Gasteiger partial charge >= 0.3 is 0 Å². The van der Waals surface area contributed by atoms with Crippen molar-refractivity contribution in [2.45, 2.75) is 51.6 Å². The van der Waals surface area contributed by atoms with E-state index >= 15 is 0 Å². The molecular weight excluding hydrogens is 215 g/mol. The van der Waals surface area contributed by atoms with Crippen LogP contribution in [0, 0.1) is 11.2 Å². The summed E-state index contributed by atoms with van der Waals surface area (Å²) >= 11 is 0. The average Bonchev–Trinajstić information content (AvgIpc) is 2.40. The molecule has 0 spiro atoms. The molecule has 1 fully saturated rings. The summed E-state index contributed by atoms with van der Waals surface area (Å²) in [5.41, 5.74) is 0.406. The highest BCUT2D eigenvalue weighted by molar-refractivity contribution is 5.23. The van der Waals surface area contributed by atoms with Crippen molar-refractivity contribution in [1.82, 2.24) is 0 Å². The first-order valence-corrected chi connectivity index (χ1v) is 6.40. The zero-order valence-corrected chi connectivity index (χ0v) is 10.7. The molecule has 0 heterocycles. The van der Waals surface area contributed by atoms with E-state index in [0.717, 1.165) is 37.7 Å². The number of halogens is 1. The van der Waals surface area contributed by atoms with Gasteiger partial charge in [-0.1, -0.05) is 26.0 Å². The Balaban J connectivity index is 2.21. The maximum atomic E-state index is 12.9. The van der Waals surface area contributed by atoms with Gasteiger partial charge in [-0.2, -0.15) is 0 Å². The Morgan fingerprint density at radius 2 is 1.65 bits per heavy atom. The summed E-state index contributed by atoms with van der Waals surface area (Å²) in [6.45, 7) is 4.51. The van der Waals surface area contributed by atoms with E-state index in [-0.39, 0.29) is 5.82 Å². The fourth-order valence-corrected chi connectivity index (χ4v) is 2.70. The molecule has 0 aromatic heterocycles. The minimum atomic E-state index is -0.762. The maximum Gasteiger partial charge on any atom is 0.123 e. The normalized spacial score (nSPS) is 28.7. The van der Waals surface area contributed by atoms with Crippen LogP contribution in [0.5, 0.6) is 0 Å². The Morgan fingerprint density at radius 1 is 1.00 bits per heavy atom. The van der Waals surface area contributed by atoms with E-state index in [4.69, 9.17) is 0 Å². The van der Waals surface area contributed by atoms with Crippen molar-refractivity contribution in [1.29, 1.82) is 0 Å². The van der Waals surface area contributed by atoms with Crippen LogP contribution in [0.25, 0.3) is 0 Å². The standard InChI is InChI=1S/C15H21FO/c1-14(2)8-3-9-15(17,11-10-14)12-4-6-13(16)7-5-12/h4-7,17H,3,8-11H2,1-2H3. The predicted octanol–water partition coefficient (Wildman–Crippen LogP) is 4.00. The van der Waals surface area contributed by atoms with Crippen LogP contribution in [0.4, 0.5) is 4.39 Å². The van der Waals surface area contributed by atoms with E-state index in [1.165, 1.54) is 12.1 Å². The van der Waals surface area contributed by atoms with Crippen LogP contribution >= 0.6 is 0 Å². The van der Waals surface area contributed by atoms with E-state index in [0.29, 0.717) is 5.41 Å². The fraction of sp³-hybridized carbons (Fsp3) is 0.600. The third-order valence-corrected chi connectivity index (χ3v) is 4.04. The highest BCUT2D eigenvalue weighted by Gasteiger charge is 2.34. The number of rotatable bonds is 1. The summed E-state index contributed by atoms with van der Waals surface area (Å²) in [6.07, 6.45) is 4.74. The molecule has 17 heavy (non-hydrogen) atoms. The lowest BCUT2D eigenvalue weighted by molar-refractivity contribution is 0.0180. The molecule has 0 amide bonds. The summed E-state index contributed by atoms with van der Waals surface area (Å²) in [6, 6.07) is 6.30. The zero-order valence-electron chi connectivity index (χ0n) is 10.7. The fourth-order valence-electron chi connectivity index (χ4n) is 2.70. The smallest absolute Gasteiger partial charge is 0.123 e. The van der Waals surface area contributed by atoms with Gasteiger partial charge in [0.2, 0.25) is 0 Å². The number of hydrogen-bond acceptors (Lipinski definition) is 1. The van der Waals surface area contributed by atoms with Gasteiger partial charge in [0.25, 0.3) is 0 Å². The number of benzene rings is 1. The summed E-state index contributed by atoms with van der Waals surface area (Å²) in [5.74, 6) is -0.244. The van der Waals surface area contributed by atoms with Gasteiger partial charge in [0.15, 0.2) is 0 Å². The van der Waals surface area contributed by atoms with E-state index in [1.54, 1.807) is 12.1 Å². The second kappa shape index (κ2) is 4.41. The molecule has 1 aliphatic rings. The summed E-state index contributed by atoms with van der Waals surface area (Å²) in [5, 5.41) is 10.7. The third-order valence-electron chi connectivity index (χ3n) is 4.04. The van der Waals surface area contributed by atoms with E-state index < -0.39 is 5.60 Å². The van der Waals surface area contributed by atoms with Crippen LogP contribution in [0.1, 0.15) is 51.5 Å². The molecule has 0 saturated heterocycles. The van der Waals surface area contributed by atoms with Crippen LogP contribution < -0.4 is 0 Å². The lowest BCUT2D eigenvalue weighted by atomic mass is 9.82. The van der Waals surface area contributed by atoms with Crippen LogP contribution in [0.15, 0.2) is 24.3 Å². The van der Waals surface area contributed by atoms with Gasteiger partial charge in [0.05, 0.1) is 5.60 Å². The molecule has 1 N–H and O–H groups in total. The first-order valence-electron chi connectivity index (χ1n) is 6.40. The predicted molar refractivity (Wildman–Crippen MR) is 67.2 cm³/mol. The molecule has 1 nitrogen and oxygen atoms in total. The second-order valence-electron chi connectivity index (χ2n) is 6.06. The average molecular weight is 236 g/mol. The molecule has 1 aromatic rings. The van der Waals surface area contributed by atoms with Crippen LogP contribution in [0.2, 0.25) is 0 Å². The minimum Gasteiger partial charge on any atom is -0.385 e. The van der Waals surface area contributed by atoms with Crippen molar-refractivity contribution in [3.8, 4) is 0 Å². The summed E-state index contributed by atoms with van der Waals surface area (Å²) < 4.78 is 12.9. The summed E-state index contributed by atoms with van der Waals surface area (Å²) in [7, 11) is 0.